The van der Waals surface area contributed by atoms with E-state index in [9.17, 15) is 4.79 Å². The molecule has 0 heterocycles. The molecule has 0 aromatic rings. The van der Waals surface area contributed by atoms with Gasteiger partial charge in [0.15, 0.2) is 16.6 Å². The third-order valence-electron chi connectivity index (χ3n) is 7.23. The van der Waals surface area contributed by atoms with Crippen molar-refractivity contribution in [1.82, 2.24) is 0 Å². The maximum absolute atomic E-state index is 12.4. The first-order valence-corrected chi connectivity index (χ1v) is 18.1. The van der Waals surface area contributed by atoms with Gasteiger partial charge in [-0.15, -0.1) is 0 Å². The summed E-state index contributed by atoms with van der Waals surface area (Å²) in [5.41, 5.74) is 0. The molecule has 0 amide bonds. The van der Waals surface area contributed by atoms with Crippen molar-refractivity contribution in [3.63, 3.8) is 0 Å². The number of ketones is 1. The summed E-state index contributed by atoms with van der Waals surface area (Å²) in [6, 6.07) is 0. The average molecular weight is 459 g/mol. The Bertz CT molecular complexity index is 502. The summed E-state index contributed by atoms with van der Waals surface area (Å²) in [7, 11) is -3.46. The fourth-order valence-corrected chi connectivity index (χ4v) is 6.05. The van der Waals surface area contributed by atoms with Gasteiger partial charge in [0.1, 0.15) is 5.78 Å². The average Bonchev–Trinajstić information content (AvgIpc) is 2.51. The molecule has 0 aromatic heterocycles. The van der Waals surface area contributed by atoms with Gasteiger partial charge in [-0.2, -0.15) is 0 Å². The van der Waals surface area contributed by atoms with E-state index in [0.29, 0.717) is 24.7 Å². The predicted octanol–water partition coefficient (Wildman–Crippen LogP) is 8.50. The van der Waals surface area contributed by atoms with Crippen molar-refractivity contribution in [3.05, 3.63) is 0 Å². The molecule has 0 N–H and O–H groups in total. The van der Waals surface area contributed by atoms with Crippen LogP contribution in [-0.2, 0) is 13.6 Å². The smallest absolute Gasteiger partial charge is 0.192 e. The number of Topliss-reactive ketones (excluding diaryl/α,β-unsaturated/α-hetero) is 1. The quantitative estimate of drug-likeness (QED) is 0.245. The van der Waals surface area contributed by atoms with Crippen LogP contribution in [0.1, 0.15) is 107 Å². The number of carbonyl (C=O) groups excluding carboxylic acids is 1. The summed E-state index contributed by atoms with van der Waals surface area (Å²) < 4.78 is 13.0. The zero-order valence-electron chi connectivity index (χ0n) is 22.5. The van der Waals surface area contributed by atoms with Gasteiger partial charge < -0.3 is 8.85 Å². The maximum Gasteiger partial charge on any atom is 0.192 e. The van der Waals surface area contributed by atoms with Crippen LogP contribution in [0.5, 0.6) is 0 Å². The summed E-state index contributed by atoms with van der Waals surface area (Å²) >= 11 is 0. The van der Waals surface area contributed by atoms with Gasteiger partial charge in [0.2, 0.25) is 0 Å². The molecule has 180 valence electrons. The molecule has 0 saturated carbocycles. The lowest BCUT2D eigenvalue weighted by atomic mass is 10.0. The van der Waals surface area contributed by atoms with Gasteiger partial charge in [0.25, 0.3) is 0 Å². The SMILES string of the molecule is CCC[C@@H](CCCC(=O)CCC[C@H](C)O[Si](C)(C)C(C)(C)C)O[Si](C)(C)C(C)(C)C. The molecule has 0 radical (unpaired) electrons. The molecule has 0 spiro atoms. The van der Waals surface area contributed by atoms with Gasteiger partial charge in [-0.3, -0.25) is 4.79 Å². The molecule has 0 rings (SSSR count). The van der Waals surface area contributed by atoms with E-state index in [-0.39, 0.29) is 16.2 Å². The van der Waals surface area contributed by atoms with Crippen LogP contribution in [0.2, 0.25) is 36.3 Å². The minimum Gasteiger partial charge on any atom is -0.414 e. The predicted molar refractivity (Wildman–Crippen MR) is 137 cm³/mol. The monoisotopic (exact) mass is 458 g/mol. The van der Waals surface area contributed by atoms with Crippen molar-refractivity contribution in [2.45, 2.75) is 155 Å². The number of hydrogen-bond acceptors (Lipinski definition) is 3. The lowest BCUT2D eigenvalue weighted by molar-refractivity contribution is -0.119. The molecule has 0 fully saturated rings. The van der Waals surface area contributed by atoms with Crippen molar-refractivity contribution < 1.29 is 13.6 Å². The highest BCUT2D eigenvalue weighted by Crippen LogP contribution is 2.39. The molecular formula is C25H54O3Si2. The molecule has 30 heavy (non-hydrogen) atoms. The van der Waals surface area contributed by atoms with Crippen molar-refractivity contribution >= 4 is 22.4 Å². The van der Waals surface area contributed by atoms with Crippen LogP contribution in [0.4, 0.5) is 0 Å². The highest BCUT2D eigenvalue weighted by Gasteiger charge is 2.39. The van der Waals surface area contributed by atoms with Crippen molar-refractivity contribution in [2.75, 3.05) is 0 Å². The minimum atomic E-state index is -1.74. The zero-order valence-corrected chi connectivity index (χ0v) is 24.5. The molecule has 0 unspecified atom stereocenters. The van der Waals surface area contributed by atoms with Crippen LogP contribution in [-0.4, -0.2) is 34.6 Å². The minimum absolute atomic E-state index is 0.234. The van der Waals surface area contributed by atoms with E-state index >= 15 is 0 Å². The molecule has 0 bridgehead atoms. The van der Waals surface area contributed by atoms with Crippen LogP contribution in [0.3, 0.4) is 0 Å². The van der Waals surface area contributed by atoms with Crippen molar-refractivity contribution in [3.8, 4) is 0 Å². The van der Waals surface area contributed by atoms with Crippen LogP contribution in [0.15, 0.2) is 0 Å². The van der Waals surface area contributed by atoms with Gasteiger partial charge in [-0.25, -0.2) is 0 Å². The first-order valence-electron chi connectivity index (χ1n) is 12.3. The first kappa shape index (κ1) is 30.0. The van der Waals surface area contributed by atoms with Gasteiger partial charge >= 0.3 is 0 Å². The summed E-state index contributed by atoms with van der Waals surface area (Å²) in [4.78, 5) is 12.4. The third kappa shape index (κ3) is 11.1. The van der Waals surface area contributed by atoms with Gasteiger partial charge in [0, 0.05) is 25.0 Å². The molecule has 0 aliphatic heterocycles. The fourth-order valence-electron chi connectivity index (χ4n) is 3.15. The van der Waals surface area contributed by atoms with E-state index in [2.05, 4.69) is 81.6 Å². The van der Waals surface area contributed by atoms with E-state index in [4.69, 9.17) is 8.85 Å². The molecule has 0 aliphatic rings. The van der Waals surface area contributed by atoms with Gasteiger partial charge in [-0.05, 0) is 75.3 Å². The number of carbonyl (C=O) groups is 1. The Balaban J connectivity index is 4.32. The normalized spacial score (nSPS) is 15.9. The Morgan fingerprint density at radius 2 is 1.20 bits per heavy atom. The summed E-state index contributed by atoms with van der Waals surface area (Å²) in [6.45, 7) is 27.3. The maximum atomic E-state index is 12.4. The van der Waals surface area contributed by atoms with Crippen molar-refractivity contribution in [2.24, 2.45) is 0 Å². The summed E-state index contributed by atoms with van der Waals surface area (Å²) in [5.74, 6) is 0.400. The molecule has 3 nitrogen and oxygen atoms in total. The number of hydrogen-bond donors (Lipinski definition) is 0. The lowest BCUT2D eigenvalue weighted by Gasteiger charge is -2.39. The number of rotatable bonds is 14. The highest BCUT2D eigenvalue weighted by molar-refractivity contribution is 6.74. The van der Waals surface area contributed by atoms with E-state index in [1.54, 1.807) is 0 Å². The van der Waals surface area contributed by atoms with Crippen molar-refractivity contribution in [1.29, 1.82) is 0 Å². The van der Waals surface area contributed by atoms with E-state index in [1.807, 2.05) is 0 Å². The molecule has 0 saturated heterocycles. The van der Waals surface area contributed by atoms with Crippen LogP contribution >= 0.6 is 0 Å². The largest absolute Gasteiger partial charge is 0.414 e. The molecule has 2 atom stereocenters. The second kappa shape index (κ2) is 12.3. The molecular weight excluding hydrogens is 404 g/mol. The highest BCUT2D eigenvalue weighted by atomic mass is 28.4. The van der Waals surface area contributed by atoms with Gasteiger partial charge in [-0.1, -0.05) is 54.9 Å². The third-order valence-corrected chi connectivity index (χ3v) is 16.4. The second-order valence-corrected chi connectivity index (χ2v) is 21.8. The zero-order chi connectivity index (χ0) is 23.8. The lowest BCUT2D eigenvalue weighted by Crippen LogP contribution is -2.44. The molecule has 5 heteroatoms. The summed E-state index contributed by atoms with van der Waals surface area (Å²) in [6.07, 6.45) is 8.05. The van der Waals surface area contributed by atoms with E-state index in [1.165, 1.54) is 0 Å². The Morgan fingerprint density at radius 1 is 0.767 bits per heavy atom. The second-order valence-electron chi connectivity index (χ2n) is 12.3. The van der Waals surface area contributed by atoms with Crippen LogP contribution in [0.25, 0.3) is 0 Å². The Morgan fingerprint density at radius 3 is 1.63 bits per heavy atom. The standard InChI is InChI=1S/C25H54O3Si2/c1-13-16-23(28-30(11,12)25(6,7)8)20-15-19-22(26)18-14-17-21(2)27-29(9,10)24(3,4)5/h21,23H,13-20H2,1-12H3/t21-,23-/m0/s1. The van der Waals surface area contributed by atoms with Crippen LogP contribution in [0, 0.1) is 0 Å². The Kier molecular flexibility index (Phi) is 12.3. The van der Waals surface area contributed by atoms with E-state index in [0.717, 1.165) is 38.5 Å². The molecule has 0 aliphatic carbocycles. The topological polar surface area (TPSA) is 35.5 Å². The molecule has 0 aromatic carbocycles. The van der Waals surface area contributed by atoms with Gasteiger partial charge in [0.05, 0.1) is 0 Å². The van der Waals surface area contributed by atoms with Crippen LogP contribution < -0.4 is 0 Å². The Labute approximate surface area is 191 Å². The Hall–Kier alpha value is 0.0238. The first-order chi connectivity index (χ1) is 13.4. The fraction of sp³-hybridized carbons (Fsp3) is 0.960. The summed E-state index contributed by atoms with van der Waals surface area (Å²) in [5, 5.41) is 0.469. The van der Waals surface area contributed by atoms with E-state index < -0.39 is 16.6 Å².